The lowest BCUT2D eigenvalue weighted by Gasteiger charge is -2.21. The molecule has 1 saturated heterocycles. The number of benzene rings is 1. The molecule has 3 rings (SSSR count). The molecule has 0 bridgehead atoms. The fourth-order valence-electron chi connectivity index (χ4n) is 2.94. The summed E-state index contributed by atoms with van der Waals surface area (Å²) < 4.78 is 1.76. The van der Waals surface area contributed by atoms with Crippen LogP contribution >= 0.6 is 0 Å². The molecule has 23 heavy (non-hydrogen) atoms. The third-order valence-electron chi connectivity index (χ3n) is 4.52. The summed E-state index contributed by atoms with van der Waals surface area (Å²) in [5.41, 5.74) is 6.75. The quantitative estimate of drug-likeness (QED) is 0.931. The van der Waals surface area contributed by atoms with Gasteiger partial charge in [-0.25, -0.2) is 9.67 Å². The van der Waals surface area contributed by atoms with Gasteiger partial charge < -0.3 is 10.6 Å². The average molecular weight is 313 g/mol. The van der Waals surface area contributed by atoms with Crippen molar-refractivity contribution in [3.05, 3.63) is 42.0 Å². The van der Waals surface area contributed by atoms with Gasteiger partial charge in [-0.1, -0.05) is 32.0 Å². The third-order valence-corrected chi connectivity index (χ3v) is 4.52. The Balaban J connectivity index is 1.87. The summed E-state index contributed by atoms with van der Waals surface area (Å²) in [7, 11) is 0. The van der Waals surface area contributed by atoms with Crippen molar-refractivity contribution >= 4 is 5.91 Å². The molecule has 6 heteroatoms. The molecule has 0 radical (unpaired) electrons. The Hall–Kier alpha value is -2.21. The number of carbonyl (C=O) groups excluding carboxylic acids is 1. The molecule has 1 amide bonds. The second-order valence-electron chi connectivity index (χ2n) is 6.44. The lowest BCUT2D eigenvalue weighted by atomic mass is 9.90. The maximum atomic E-state index is 12.7. The zero-order valence-electron chi connectivity index (χ0n) is 13.7. The molecule has 0 spiro atoms. The van der Waals surface area contributed by atoms with Crippen molar-refractivity contribution in [2.45, 2.75) is 26.7 Å². The Morgan fingerprint density at radius 1 is 1.35 bits per heavy atom. The lowest BCUT2D eigenvalue weighted by Crippen LogP contribution is -2.35. The molecule has 1 aliphatic heterocycles. The lowest BCUT2D eigenvalue weighted by molar-refractivity contribution is 0.0765. The van der Waals surface area contributed by atoms with Crippen molar-refractivity contribution in [2.75, 3.05) is 19.6 Å². The van der Waals surface area contributed by atoms with E-state index in [0.717, 1.165) is 24.4 Å². The van der Waals surface area contributed by atoms with Gasteiger partial charge in [0.2, 0.25) is 5.82 Å². The van der Waals surface area contributed by atoms with E-state index in [1.54, 1.807) is 4.68 Å². The first kappa shape index (κ1) is 15.7. The van der Waals surface area contributed by atoms with Crippen LogP contribution in [0.2, 0.25) is 0 Å². The number of aryl methyl sites for hydroxylation is 1. The molecule has 0 aliphatic carbocycles. The van der Waals surface area contributed by atoms with E-state index in [-0.39, 0.29) is 17.1 Å². The summed E-state index contributed by atoms with van der Waals surface area (Å²) in [4.78, 5) is 19.0. The van der Waals surface area contributed by atoms with Gasteiger partial charge in [0.1, 0.15) is 5.82 Å². The number of nitrogens with two attached hydrogens (primary N) is 1. The van der Waals surface area contributed by atoms with E-state index >= 15 is 0 Å². The summed E-state index contributed by atoms with van der Waals surface area (Å²) in [6, 6.07) is 9.78. The SMILES string of the molecule is CCc1nc(C(=O)N2CCC(C)(CN)C2)nn1-c1ccccc1. The molecule has 2 heterocycles. The number of hydrogen-bond donors (Lipinski definition) is 1. The molecule has 2 aromatic rings. The first-order chi connectivity index (χ1) is 11.1. The summed E-state index contributed by atoms with van der Waals surface area (Å²) in [5, 5.41) is 4.45. The Bertz CT molecular complexity index is 696. The predicted molar refractivity (Wildman–Crippen MR) is 88.4 cm³/mol. The summed E-state index contributed by atoms with van der Waals surface area (Å²) >= 11 is 0. The summed E-state index contributed by atoms with van der Waals surface area (Å²) in [6.07, 6.45) is 1.64. The van der Waals surface area contributed by atoms with Crippen LogP contribution in [0.25, 0.3) is 5.69 Å². The van der Waals surface area contributed by atoms with Crippen LogP contribution < -0.4 is 5.73 Å². The molecule has 0 saturated carbocycles. The van der Waals surface area contributed by atoms with E-state index in [9.17, 15) is 4.79 Å². The van der Waals surface area contributed by atoms with Gasteiger partial charge >= 0.3 is 0 Å². The molecule has 1 aromatic heterocycles. The molecule has 1 atom stereocenters. The maximum Gasteiger partial charge on any atom is 0.293 e. The van der Waals surface area contributed by atoms with E-state index in [1.807, 2.05) is 42.2 Å². The van der Waals surface area contributed by atoms with Crippen molar-refractivity contribution in [1.82, 2.24) is 19.7 Å². The molecule has 1 fully saturated rings. The third kappa shape index (κ3) is 2.99. The van der Waals surface area contributed by atoms with Gasteiger partial charge in [-0.3, -0.25) is 4.79 Å². The fourth-order valence-corrected chi connectivity index (χ4v) is 2.94. The predicted octanol–water partition coefficient (Wildman–Crippen LogP) is 1.64. The first-order valence-corrected chi connectivity index (χ1v) is 8.07. The van der Waals surface area contributed by atoms with Crippen LogP contribution in [0, 0.1) is 5.41 Å². The van der Waals surface area contributed by atoms with Crippen LogP contribution in [0.4, 0.5) is 0 Å². The average Bonchev–Trinajstić information content (AvgIpc) is 3.19. The van der Waals surface area contributed by atoms with Gasteiger partial charge in [0.25, 0.3) is 5.91 Å². The van der Waals surface area contributed by atoms with Gasteiger partial charge in [0.15, 0.2) is 0 Å². The number of likely N-dealkylation sites (tertiary alicyclic amines) is 1. The van der Waals surface area contributed by atoms with Crippen LogP contribution in [0.15, 0.2) is 30.3 Å². The van der Waals surface area contributed by atoms with Crippen molar-refractivity contribution in [2.24, 2.45) is 11.1 Å². The largest absolute Gasteiger partial charge is 0.335 e. The van der Waals surface area contributed by atoms with E-state index in [1.165, 1.54) is 0 Å². The van der Waals surface area contributed by atoms with Crippen LogP contribution in [0.5, 0.6) is 0 Å². The highest BCUT2D eigenvalue weighted by atomic mass is 16.2. The van der Waals surface area contributed by atoms with Gasteiger partial charge in [-0.15, -0.1) is 5.10 Å². The second-order valence-corrected chi connectivity index (χ2v) is 6.44. The minimum absolute atomic E-state index is 0.00520. The molecule has 2 N–H and O–H groups in total. The minimum Gasteiger partial charge on any atom is -0.335 e. The molecule has 122 valence electrons. The maximum absolute atomic E-state index is 12.7. The molecular formula is C17H23N5O. The smallest absolute Gasteiger partial charge is 0.293 e. The van der Waals surface area contributed by atoms with Crippen LogP contribution in [-0.2, 0) is 6.42 Å². The molecule has 6 nitrogen and oxygen atoms in total. The van der Waals surface area contributed by atoms with Crippen LogP contribution in [0.1, 0.15) is 36.7 Å². The number of aromatic nitrogens is 3. The highest BCUT2D eigenvalue weighted by molar-refractivity contribution is 5.90. The monoisotopic (exact) mass is 313 g/mol. The fraction of sp³-hybridized carbons (Fsp3) is 0.471. The molecular weight excluding hydrogens is 290 g/mol. The van der Waals surface area contributed by atoms with E-state index < -0.39 is 0 Å². The van der Waals surface area contributed by atoms with Gasteiger partial charge in [-0.05, 0) is 30.5 Å². The number of hydrogen-bond acceptors (Lipinski definition) is 4. The second kappa shape index (κ2) is 6.12. The Morgan fingerprint density at radius 2 is 2.09 bits per heavy atom. The Kier molecular flexibility index (Phi) is 4.17. The number of rotatable bonds is 4. The normalized spacial score (nSPS) is 20.9. The van der Waals surface area contributed by atoms with Crippen molar-refractivity contribution in [1.29, 1.82) is 0 Å². The van der Waals surface area contributed by atoms with Gasteiger partial charge in [0.05, 0.1) is 5.69 Å². The zero-order chi connectivity index (χ0) is 16.4. The van der Waals surface area contributed by atoms with Gasteiger partial charge in [0, 0.05) is 19.5 Å². The zero-order valence-corrected chi connectivity index (χ0v) is 13.7. The minimum atomic E-state index is -0.105. The topological polar surface area (TPSA) is 77.0 Å². The molecule has 1 aromatic carbocycles. The number of carbonyl (C=O) groups is 1. The molecule has 1 unspecified atom stereocenters. The van der Waals surface area contributed by atoms with E-state index in [0.29, 0.717) is 19.6 Å². The van der Waals surface area contributed by atoms with Crippen molar-refractivity contribution in [3.8, 4) is 5.69 Å². The van der Waals surface area contributed by atoms with E-state index in [2.05, 4.69) is 17.0 Å². The Morgan fingerprint density at radius 3 is 2.70 bits per heavy atom. The highest BCUT2D eigenvalue weighted by Gasteiger charge is 2.36. The van der Waals surface area contributed by atoms with E-state index in [4.69, 9.17) is 5.73 Å². The summed E-state index contributed by atoms with van der Waals surface area (Å²) in [6.45, 7) is 6.10. The van der Waals surface area contributed by atoms with Gasteiger partial charge in [-0.2, -0.15) is 0 Å². The van der Waals surface area contributed by atoms with Crippen molar-refractivity contribution in [3.63, 3.8) is 0 Å². The number of amides is 1. The Labute approximate surface area is 136 Å². The molecule has 1 aliphatic rings. The van der Waals surface area contributed by atoms with Crippen LogP contribution in [-0.4, -0.2) is 45.2 Å². The first-order valence-electron chi connectivity index (χ1n) is 8.07. The number of para-hydroxylation sites is 1. The van der Waals surface area contributed by atoms with Crippen molar-refractivity contribution < 1.29 is 4.79 Å². The highest BCUT2D eigenvalue weighted by Crippen LogP contribution is 2.29. The standard InChI is InChI=1S/C17H23N5O/c1-3-14-19-15(20-22(14)13-7-5-4-6-8-13)16(23)21-10-9-17(2,11-18)12-21/h4-8H,3,9-12,18H2,1-2H3. The number of nitrogens with zero attached hydrogens (tertiary/aromatic N) is 4. The summed E-state index contributed by atoms with van der Waals surface area (Å²) in [5.74, 6) is 0.957. The van der Waals surface area contributed by atoms with Crippen LogP contribution in [0.3, 0.4) is 0 Å².